The van der Waals surface area contributed by atoms with Gasteiger partial charge in [0.05, 0.1) is 11.1 Å². The van der Waals surface area contributed by atoms with Gasteiger partial charge in [-0.15, -0.1) is 13.2 Å². The van der Waals surface area contributed by atoms with Crippen LogP contribution in [0.25, 0.3) is 0 Å². The smallest absolute Gasteiger partial charge is 0.457 e. The van der Waals surface area contributed by atoms with Gasteiger partial charge in [0.25, 0.3) is 11.8 Å². The summed E-state index contributed by atoms with van der Waals surface area (Å²) < 4.78 is 90.4. The van der Waals surface area contributed by atoms with Crippen LogP contribution in [0.5, 0.6) is 11.5 Å². The molecule has 33 heavy (non-hydrogen) atoms. The minimum atomic E-state index is -4.92. The van der Waals surface area contributed by atoms with Crippen molar-refractivity contribution in [2.45, 2.75) is 18.2 Å². The van der Waals surface area contributed by atoms with Crippen LogP contribution in [-0.2, 0) is 10.5 Å². The second-order valence-corrected chi connectivity index (χ2v) is 6.79. The van der Waals surface area contributed by atoms with E-state index < -0.39 is 64.0 Å². The Kier molecular flexibility index (Phi) is 6.12. The summed E-state index contributed by atoms with van der Waals surface area (Å²) >= 11 is 0. The molecular weight excluding hydrogens is 458 g/mol. The SMILES string of the molecule is NC(=O)C1=C(Oc2ccc(OC(F)(F)F)cc2)C=CC(F)(c2ccc(F)c(C(N)=O)c2)C1F. The van der Waals surface area contributed by atoms with E-state index in [0.29, 0.717) is 18.2 Å². The standard InChI is InChI=1S/C21H14F6N2O4/c22-14-6-1-10(9-13(14)18(28)30)20(24)8-7-15(16(17(20)23)19(29)31)32-11-2-4-12(5-3-11)33-21(25,26)27/h1-9,17H,(H2,28,30)(H2,29,31). The van der Waals surface area contributed by atoms with Crippen LogP contribution in [-0.4, -0.2) is 24.3 Å². The quantitative estimate of drug-likeness (QED) is 0.626. The maximum absolute atomic E-state index is 15.6. The van der Waals surface area contributed by atoms with Crippen LogP contribution in [0.15, 0.2) is 65.9 Å². The van der Waals surface area contributed by atoms with Gasteiger partial charge in [-0.3, -0.25) is 9.59 Å². The molecule has 2 atom stereocenters. The Balaban J connectivity index is 1.94. The Labute approximate surface area is 182 Å². The maximum Gasteiger partial charge on any atom is 0.573 e. The van der Waals surface area contributed by atoms with E-state index in [4.69, 9.17) is 16.2 Å². The molecule has 12 heteroatoms. The van der Waals surface area contributed by atoms with Crippen molar-refractivity contribution in [3.63, 3.8) is 0 Å². The highest BCUT2D eigenvalue weighted by atomic mass is 19.4. The lowest BCUT2D eigenvalue weighted by molar-refractivity contribution is -0.274. The second-order valence-electron chi connectivity index (χ2n) is 6.79. The lowest BCUT2D eigenvalue weighted by Gasteiger charge is -2.31. The van der Waals surface area contributed by atoms with Crippen LogP contribution in [0.2, 0.25) is 0 Å². The monoisotopic (exact) mass is 472 g/mol. The third-order valence-corrected chi connectivity index (χ3v) is 4.59. The van der Waals surface area contributed by atoms with Gasteiger partial charge in [0.15, 0.2) is 11.8 Å². The van der Waals surface area contributed by atoms with Crippen molar-refractivity contribution < 1.29 is 45.4 Å². The summed E-state index contributed by atoms with van der Waals surface area (Å²) in [5, 5.41) is 0. The molecule has 2 aromatic carbocycles. The molecule has 174 valence electrons. The van der Waals surface area contributed by atoms with Gasteiger partial charge in [0, 0.05) is 0 Å². The zero-order valence-electron chi connectivity index (χ0n) is 16.3. The van der Waals surface area contributed by atoms with Crippen molar-refractivity contribution in [1.82, 2.24) is 0 Å². The number of alkyl halides is 5. The van der Waals surface area contributed by atoms with E-state index in [1.54, 1.807) is 0 Å². The van der Waals surface area contributed by atoms with Crippen LogP contribution >= 0.6 is 0 Å². The molecule has 0 saturated carbocycles. The van der Waals surface area contributed by atoms with Crippen LogP contribution in [0.4, 0.5) is 26.3 Å². The topological polar surface area (TPSA) is 105 Å². The fourth-order valence-corrected chi connectivity index (χ4v) is 3.07. The molecule has 0 bridgehead atoms. The molecule has 4 N–H and O–H groups in total. The highest BCUT2D eigenvalue weighted by molar-refractivity contribution is 5.95. The number of allylic oxidation sites excluding steroid dienone is 2. The van der Waals surface area contributed by atoms with Crippen molar-refractivity contribution >= 4 is 11.8 Å². The summed E-state index contributed by atoms with van der Waals surface area (Å²) in [7, 11) is 0. The zero-order chi connectivity index (χ0) is 24.6. The summed E-state index contributed by atoms with van der Waals surface area (Å²) in [6.45, 7) is 0. The Morgan fingerprint density at radius 1 is 0.970 bits per heavy atom. The molecule has 2 unspecified atom stereocenters. The number of primary amides is 2. The number of rotatable bonds is 6. The van der Waals surface area contributed by atoms with E-state index in [9.17, 15) is 27.2 Å². The Hall–Kier alpha value is -3.96. The van der Waals surface area contributed by atoms with Gasteiger partial charge >= 0.3 is 6.36 Å². The molecule has 3 rings (SSSR count). The zero-order valence-corrected chi connectivity index (χ0v) is 16.3. The summed E-state index contributed by atoms with van der Waals surface area (Å²) in [5.41, 5.74) is 5.04. The van der Waals surface area contributed by atoms with Gasteiger partial charge in [-0.25, -0.2) is 13.2 Å². The lowest BCUT2D eigenvalue weighted by Crippen LogP contribution is -2.40. The van der Waals surface area contributed by atoms with Crippen LogP contribution < -0.4 is 20.9 Å². The second kappa shape index (κ2) is 8.52. The Morgan fingerprint density at radius 2 is 1.58 bits per heavy atom. The van der Waals surface area contributed by atoms with Gasteiger partial charge in [-0.1, -0.05) is 6.07 Å². The van der Waals surface area contributed by atoms with Crippen LogP contribution in [0.3, 0.4) is 0 Å². The fraction of sp³-hybridized carbons (Fsp3) is 0.143. The number of halogens is 6. The van der Waals surface area contributed by atoms with Gasteiger partial charge in [0.2, 0.25) is 0 Å². The highest BCUT2D eigenvalue weighted by Crippen LogP contribution is 2.42. The van der Waals surface area contributed by atoms with Crippen molar-refractivity contribution in [3.8, 4) is 11.5 Å². The summed E-state index contributed by atoms with van der Waals surface area (Å²) in [6.07, 6.45) is -6.12. The average Bonchev–Trinajstić information content (AvgIpc) is 2.71. The van der Waals surface area contributed by atoms with Gasteiger partial charge in [0.1, 0.15) is 23.1 Å². The molecule has 1 aliphatic rings. The minimum Gasteiger partial charge on any atom is -0.457 e. The van der Waals surface area contributed by atoms with Crippen molar-refractivity contribution in [3.05, 3.63) is 82.9 Å². The number of benzene rings is 2. The molecule has 0 radical (unpaired) electrons. The predicted octanol–water partition coefficient (Wildman–Crippen LogP) is 3.71. The molecule has 0 heterocycles. The molecule has 0 saturated heterocycles. The highest BCUT2D eigenvalue weighted by Gasteiger charge is 2.47. The molecule has 0 aliphatic heterocycles. The Morgan fingerprint density at radius 3 is 2.12 bits per heavy atom. The summed E-state index contributed by atoms with van der Waals surface area (Å²) in [5.74, 6) is -4.88. The third kappa shape index (κ3) is 4.94. The normalized spacial score (nSPS) is 20.5. The minimum absolute atomic E-state index is 0.140. The first-order valence-corrected chi connectivity index (χ1v) is 9.01. The van der Waals surface area contributed by atoms with Crippen LogP contribution in [0.1, 0.15) is 15.9 Å². The number of amides is 2. The lowest BCUT2D eigenvalue weighted by atomic mass is 9.82. The number of nitrogens with two attached hydrogens (primary N) is 2. The summed E-state index contributed by atoms with van der Waals surface area (Å²) in [6, 6.07) is 6.14. The van der Waals surface area contributed by atoms with Crippen molar-refractivity contribution in [2.24, 2.45) is 11.5 Å². The predicted molar refractivity (Wildman–Crippen MR) is 102 cm³/mol. The molecule has 2 aromatic rings. The van der Waals surface area contributed by atoms with Crippen LogP contribution in [0, 0.1) is 5.82 Å². The average molecular weight is 472 g/mol. The van der Waals surface area contributed by atoms with Gasteiger partial charge < -0.3 is 20.9 Å². The first-order valence-electron chi connectivity index (χ1n) is 9.01. The fourth-order valence-electron chi connectivity index (χ4n) is 3.07. The number of hydrogen-bond acceptors (Lipinski definition) is 4. The van der Waals surface area contributed by atoms with Crippen molar-refractivity contribution in [2.75, 3.05) is 0 Å². The molecule has 0 fully saturated rings. The molecule has 0 spiro atoms. The molecule has 1 aliphatic carbocycles. The maximum atomic E-state index is 15.6. The van der Waals surface area contributed by atoms with Gasteiger partial charge in [-0.05, 0) is 54.1 Å². The number of hydrogen-bond donors (Lipinski definition) is 2. The van der Waals surface area contributed by atoms with Crippen molar-refractivity contribution in [1.29, 1.82) is 0 Å². The number of carbonyl (C=O) groups is 2. The summed E-state index contributed by atoms with van der Waals surface area (Å²) in [4.78, 5) is 23.2. The van der Waals surface area contributed by atoms with E-state index in [2.05, 4.69) is 4.74 Å². The number of ether oxygens (including phenoxy) is 2. The third-order valence-electron chi connectivity index (χ3n) is 4.59. The molecule has 0 aromatic heterocycles. The number of carbonyl (C=O) groups excluding carboxylic acids is 2. The largest absolute Gasteiger partial charge is 0.573 e. The van der Waals surface area contributed by atoms with E-state index in [1.165, 1.54) is 0 Å². The first kappa shape index (κ1) is 23.7. The Bertz CT molecular complexity index is 1160. The molecule has 6 nitrogen and oxygen atoms in total. The van der Waals surface area contributed by atoms with E-state index >= 15 is 8.78 Å². The first-order chi connectivity index (χ1) is 15.3. The van der Waals surface area contributed by atoms with E-state index in [0.717, 1.165) is 36.4 Å². The van der Waals surface area contributed by atoms with Gasteiger partial charge in [-0.2, -0.15) is 0 Å². The molecular formula is C21H14F6N2O4. The molecule has 2 amide bonds. The van der Waals surface area contributed by atoms with E-state index in [-0.39, 0.29) is 5.75 Å². The van der Waals surface area contributed by atoms with E-state index in [1.807, 2.05) is 0 Å².